The smallest absolute Gasteiger partial charge is 0.298 e. The van der Waals surface area contributed by atoms with Crippen LogP contribution in [0.25, 0.3) is 10.2 Å². The maximum absolute atomic E-state index is 11.7. The van der Waals surface area contributed by atoms with Crippen molar-refractivity contribution < 1.29 is 0 Å². The third-order valence-corrected chi connectivity index (χ3v) is 4.28. The molecule has 2 aromatic rings. The van der Waals surface area contributed by atoms with Gasteiger partial charge in [0.1, 0.15) is 0 Å². The van der Waals surface area contributed by atoms with E-state index in [1.165, 1.54) is 17.1 Å². The van der Waals surface area contributed by atoms with Crippen molar-refractivity contribution in [2.24, 2.45) is 0 Å². The molecule has 0 N–H and O–H groups in total. The van der Waals surface area contributed by atoms with E-state index in [0.717, 1.165) is 16.8 Å². The van der Waals surface area contributed by atoms with Crippen LogP contribution in [0, 0.1) is 0 Å². The van der Waals surface area contributed by atoms with E-state index in [1.54, 1.807) is 0 Å². The lowest BCUT2D eigenvalue weighted by Crippen LogP contribution is -2.15. The fraction of sp³-hybridized carbons (Fsp3) is 0.300. The van der Waals surface area contributed by atoms with Gasteiger partial charge in [0.15, 0.2) is 0 Å². The Hall–Kier alpha value is -0.740. The van der Waals surface area contributed by atoms with Crippen LogP contribution in [0.4, 0.5) is 0 Å². The molecule has 1 aliphatic heterocycles. The van der Waals surface area contributed by atoms with Gasteiger partial charge >= 0.3 is 4.87 Å². The van der Waals surface area contributed by atoms with Gasteiger partial charge in [-0.15, -0.1) is 0 Å². The average molecular weight is 223 g/mol. The monoisotopic (exact) mass is 223 g/mol. The van der Waals surface area contributed by atoms with Gasteiger partial charge in [0.2, 0.25) is 0 Å². The molecule has 0 radical (unpaired) electrons. The third kappa shape index (κ3) is 1.38. The fourth-order valence-corrected chi connectivity index (χ4v) is 2.96. The van der Waals surface area contributed by atoms with Crippen molar-refractivity contribution in [3.8, 4) is 0 Å². The number of thiazole rings is 1. The van der Waals surface area contributed by atoms with Crippen LogP contribution in [0.15, 0.2) is 29.1 Å². The first-order chi connectivity index (χ1) is 6.84. The highest BCUT2D eigenvalue weighted by atomic mass is 32.2. The summed E-state index contributed by atoms with van der Waals surface area (Å²) in [5.74, 6) is 1.20. The molecule has 0 aliphatic carbocycles. The van der Waals surface area contributed by atoms with E-state index < -0.39 is 0 Å². The number of nitrogens with zero attached hydrogens (tertiary/aromatic N) is 1. The normalized spacial score (nSPS) is 20.1. The van der Waals surface area contributed by atoms with Gasteiger partial charge in [-0.1, -0.05) is 23.5 Å². The molecule has 4 heteroatoms. The number of thioether (sulfide) groups is 1. The van der Waals surface area contributed by atoms with Crippen LogP contribution in [0.1, 0.15) is 0 Å². The Morgan fingerprint density at radius 1 is 1.43 bits per heavy atom. The van der Waals surface area contributed by atoms with Gasteiger partial charge in [-0.2, -0.15) is 11.8 Å². The number of fused-ring (bicyclic) bond motifs is 1. The van der Waals surface area contributed by atoms with Crippen molar-refractivity contribution >= 4 is 33.3 Å². The molecule has 14 heavy (non-hydrogen) atoms. The van der Waals surface area contributed by atoms with Crippen molar-refractivity contribution in [3.05, 3.63) is 33.9 Å². The summed E-state index contributed by atoms with van der Waals surface area (Å²) >= 11 is 3.28. The molecule has 0 spiro atoms. The number of para-hydroxylation sites is 1. The highest BCUT2D eigenvalue weighted by molar-refractivity contribution is 8.06. The summed E-state index contributed by atoms with van der Waals surface area (Å²) in [7, 11) is 0. The van der Waals surface area contributed by atoms with E-state index >= 15 is 0 Å². The Kier molecular flexibility index (Phi) is 1.92. The molecule has 0 bridgehead atoms. The van der Waals surface area contributed by atoms with E-state index in [0.29, 0.717) is 5.25 Å². The summed E-state index contributed by atoms with van der Waals surface area (Å²) < 4.78 is 3.01. The van der Waals surface area contributed by atoms with Gasteiger partial charge in [0.05, 0.1) is 10.2 Å². The van der Waals surface area contributed by atoms with E-state index in [2.05, 4.69) is 0 Å². The quantitative estimate of drug-likeness (QED) is 0.728. The lowest BCUT2D eigenvalue weighted by Gasteiger charge is -1.99. The number of hydrogen-bond acceptors (Lipinski definition) is 3. The molecule has 3 rings (SSSR count). The van der Waals surface area contributed by atoms with Crippen LogP contribution in [0.2, 0.25) is 0 Å². The highest BCUT2D eigenvalue weighted by Gasteiger charge is 2.24. The van der Waals surface area contributed by atoms with Gasteiger partial charge in [0.25, 0.3) is 0 Å². The summed E-state index contributed by atoms with van der Waals surface area (Å²) in [6.07, 6.45) is 0. The minimum Gasteiger partial charge on any atom is -0.298 e. The second-order valence-electron chi connectivity index (χ2n) is 3.40. The van der Waals surface area contributed by atoms with Gasteiger partial charge < -0.3 is 0 Å². The minimum absolute atomic E-state index is 0.179. The molecule has 0 amide bonds. The Morgan fingerprint density at radius 3 is 3.00 bits per heavy atom. The molecular weight excluding hydrogens is 214 g/mol. The molecule has 1 saturated heterocycles. The molecule has 1 aromatic heterocycles. The van der Waals surface area contributed by atoms with E-state index in [1.807, 2.05) is 40.6 Å². The summed E-state index contributed by atoms with van der Waals surface area (Å²) in [4.78, 5) is 11.9. The Morgan fingerprint density at radius 2 is 2.21 bits per heavy atom. The molecular formula is C10H9NOS2. The van der Waals surface area contributed by atoms with E-state index in [4.69, 9.17) is 0 Å². The molecule has 0 unspecified atom stereocenters. The number of hydrogen-bond donors (Lipinski definition) is 0. The summed E-state index contributed by atoms with van der Waals surface area (Å²) in [5.41, 5.74) is 1.09. The molecule has 1 fully saturated rings. The van der Waals surface area contributed by atoms with Crippen molar-refractivity contribution in [1.82, 2.24) is 4.57 Å². The largest absolute Gasteiger partial charge is 0.308 e. The lowest BCUT2D eigenvalue weighted by molar-refractivity contribution is 0.736. The molecule has 1 aromatic carbocycles. The van der Waals surface area contributed by atoms with Gasteiger partial charge in [-0.05, 0) is 12.1 Å². The molecule has 2 heterocycles. The summed E-state index contributed by atoms with van der Waals surface area (Å²) in [5, 5.41) is 0.672. The predicted octanol–water partition coefficient (Wildman–Crippen LogP) is 2.18. The Balaban J connectivity index is 2.18. The second-order valence-corrected chi connectivity index (χ2v) is 5.73. The molecule has 72 valence electrons. The molecule has 0 saturated carbocycles. The van der Waals surface area contributed by atoms with Crippen molar-refractivity contribution in [2.45, 2.75) is 11.8 Å². The van der Waals surface area contributed by atoms with E-state index in [-0.39, 0.29) is 4.87 Å². The first-order valence-corrected chi connectivity index (χ1v) is 6.41. The number of benzene rings is 1. The van der Waals surface area contributed by atoms with Crippen molar-refractivity contribution in [2.75, 3.05) is 5.75 Å². The molecule has 1 aliphatic rings. The lowest BCUT2D eigenvalue weighted by atomic mass is 10.3. The first-order valence-electron chi connectivity index (χ1n) is 4.54. The Labute approximate surface area is 89.6 Å². The third-order valence-electron chi connectivity index (χ3n) is 2.36. The maximum Gasteiger partial charge on any atom is 0.308 e. The zero-order valence-electron chi connectivity index (χ0n) is 7.47. The SMILES string of the molecule is O=c1sc2ccccc2n1C[C@H]1CS1. The standard InChI is InChI=1S/C10H9NOS2/c12-10-11(5-7-6-13-7)8-3-1-2-4-9(8)14-10/h1-4,7H,5-6H2/t7-/m0/s1. The van der Waals surface area contributed by atoms with Crippen LogP contribution >= 0.6 is 23.1 Å². The van der Waals surface area contributed by atoms with Crippen LogP contribution in [-0.2, 0) is 6.54 Å². The van der Waals surface area contributed by atoms with Crippen LogP contribution in [0.5, 0.6) is 0 Å². The Bertz CT molecular complexity index is 524. The van der Waals surface area contributed by atoms with Crippen LogP contribution in [0.3, 0.4) is 0 Å². The number of rotatable bonds is 2. The summed E-state index contributed by atoms with van der Waals surface area (Å²) in [6, 6.07) is 8.01. The maximum atomic E-state index is 11.7. The zero-order chi connectivity index (χ0) is 9.54. The molecule has 2 nitrogen and oxygen atoms in total. The second kappa shape index (κ2) is 3.14. The average Bonchev–Trinajstić information content (AvgIpc) is 2.93. The van der Waals surface area contributed by atoms with E-state index in [9.17, 15) is 4.79 Å². The fourth-order valence-electron chi connectivity index (χ4n) is 1.56. The van der Waals surface area contributed by atoms with Crippen molar-refractivity contribution in [3.63, 3.8) is 0 Å². The minimum atomic E-state index is 0.179. The van der Waals surface area contributed by atoms with Gasteiger partial charge in [0, 0.05) is 17.5 Å². The topological polar surface area (TPSA) is 22.0 Å². The predicted molar refractivity (Wildman–Crippen MR) is 62.3 cm³/mol. The van der Waals surface area contributed by atoms with Gasteiger partial charge in [-0.3, -0.25) is 9.36 Å². The van der Waals surface area contributed by atoms with Crippen LogP contribution in [-0.4, -0.2) is 15.6 Å². The van der Waals surface area contributed by atoms with Crippen LogP contribution < -0.4 is 4.87 Å². The first kappa shape index (κ1) is 8.56. The zero-order valence-corrected chi connectivity index (χ0v) is 9.11. The van der Waals surface area contributed by atoms with Crippen molar-refractivity contribution in [1.29, 1.82) is 0 Å². The highest BCUT2D eigenvalue weighted by Crippen LogP contribution is 2.32. The number of aromatic nitrogens is 1. The van der Waals surface area contributed by atoms with Gasteiger partial charge in [-0.25, -0.2) is 0 Å². The summed E-state index contributed by atoms with van der Waals surface area (Å²) in [6.45, 7) is 0.882. The molecule has 1 atom stereocenters.